The molecule has 0 bridgehead atoms. The smallest absolute Gasteiger partial charge is 0.135 e. The van der Waals surface area contributed by atoms with Gasteiger partial charge in [0.1, 0.15) is 11.0 Å². The third kappa shape index (κ3) is 5.58. The first-order chi connectivity index (χ1) is 24.6. The van der Waals surface area contributed by atoms with Crippen molar-refractivity contribution in [3.63, 3.8) is 0 Å². The first-order valence-corrected chi connectivity index (χ1v) is 17.6. The number of nitrogens with one attached hydrogen (secondary N) is 2. The summed E-state index contributed by atoms with van der Waals surface area (Å²) in [5, 5.41) is 17.6. The maximum atomic E-state index is 6.94. The molecule has 0 saturated heterocycles. The van der Waals surface area contributed by atoms with E-state index in [-0.39, 0.29) is 12.2 Å². The minimum atomic E-state index is -0.425. The Balaban J connectivity index is 1.04. The minimum Gasteiger partial charge on any atom is -0.456 e. The standard InChI is InChI=1S/C46H39N3O/c1-29(34-20-23-38-35(27-34)21-25-39-37-12-6-5-11-32(37)19-24-40(38)39)48-46(33-17-15-31(16-18-33)30-9-3-2-4-10-30)49-45(47)36-22-26-42-41-13-7-8-14-43(41)50-44(42)28-36/h2-6,9-29,45-46,48-49H,7-8,47H2,1H3. The van der Waals surface area contributed by atoms with Gasteiger partial charge in [-0.2, -0.15) is 0 Å². The Hall–Kier alpha value is -5.52. The van der Waals surface area contributed by atoms with Gasteiger partial charge in [0.05, 0.1) is 12.3 Å². The van der Waals surface area contributed by atoms with Crippen LogP contribution in [0.5, 0.6) is 0 Å². The highest BCUT2D eigenvalue weighted by Gasteiger charge is 2.20. The van der Waals surface area contributed by atoms with Crippen LogP contribution < -0.4 is 27.0 Å². The fraction of sp³-hybridized carbons (Fsp3) is 0.130. The third-order valence-electron chi connectivity index (χ3n) is 10.4. The van der Waals surface area contributed by atoms with E-state index in [1.54, 1.807) is 0 Å². The molecule has 1 aliphatic rings. The van der Waals surface area contributed by atoms with Gasteiger partial charge in [0.2, 0.25) is 0 Å². The fourth-order valence-electron chi connectivity index (χ4n) is 7.63. The monoisotopic (exact) mass is 649 g/mol. The summed E-state index contributed by atoms with van der Waals surface area (Å²) in [5.41, 5.74) is 14.5. The van der Waals surface area contributed by atoms with Gasteiger partial charge in [0.25, 0.3) is 0 Å². The lowest BCUT2D eigenvalue weighted by molar-refractivity contribution is 0.357. The molecule has 0 saturated carbocycles. The molecule has 0 spiro atoms. The number of furan rings is 1. The molecule has 4 nitrogen and oxygen atoms in total. The van der Waals surface area contributed by atoms with Gasteiger partial charge >= 0.3 is 0 Å². The van der Waals surface area contributed by atoms with Gasteiger partial charge in [0, 0.05) is 16.6 Å². The highest BCUT2D eigenvalue weighted by molar-refractivity contribution is 6.17. The molecule has 0 radical (unpaired) electrons. The molecule has 1 heterocycles. The molecule has 0 fully saturated rings. The van der Waals surface area contributed by atoms with E-state index in [1.165, 1.54) is 54.2 Å². The molecule has 0 amide bonds. The van der Waals surface area contributed by atoms with Crippen LogP contribution >= 0.6 is 0 Å². The van der Waals surface area contributed by atoms with Gasteiger partial charge in [-0.1, -0.05) is 133 Å². The molecule has 1 aliphatic carbocycles. The molecular weight excluding hydrogens is 611 g/mol. The molecule has 4 N–H and O–H groups in total. The molecule has 1 aromatic heterocycles. The van der Waals surface area contributed by atoms with Crippen molar-refractivity contribution in [3.05, 3.63) is 167 Å². The Bertz CT molecular complexity index is 2640. The van der Waals surface area contributed by atoms with Gasteiger partial charge in [-0.05, 0) is 98.1 Å². The quantitative estimate of drug-likeness (QED) is 0.113. The lowest BCUT2D eigenvalue weighted by Gasteiger charge is -2.29. The van der Waals surface area contributed by atoms with Crippen LogP contribution in [-0.2, 0) is 0 Å². The Kier molecular flexibility index (Phi) is 7.78. The normalized spacial score (nSPS) is 14.7. The number of rotatable bonds is 8. The summed E-state index contributed by atoms with van der Waals surface area (Å²) in [6.45, 7) is 2.22. The van der Waals surface area contributed by atoms with Crippen molar-refractivity contribution in [1.82, 2.24) is 10.6 Å². The summed E-state index contributed by atoms with van der Waals surface area (Å²) in [4.78, 5) is 0. The van der Waals surface area contributed by atoms with Gasteiger partial charge in [-0.15, -0.1) is 0 Å². The molecule has 3 unspecified atom stereocenters. The molecule has 4 heteroatoms. The number of hydrogen-bond donors (Lipinski definition) is 3. The zero-order chi connectivity index (χ0) is 33.6. The topological polar surface area (TPSA) is 63.2 Å². The predicted octanol–water partition coefficient (Wildman–Crippen LogP) is 9.51. The summed E-state index contributed by atoms with van der Waals surface area (Å²) >= 11 is 0. The summed E-state index contributed by atoms with van der Waals surface area (Å²) < 4.78 is 6.25. The molecular formula is C46H39N3O. The van der Waals surface area contributed by atoms with E-state index in [0.29, 0.717) is 0 Å². The van der Waals surface area contributed by atoms with E-state index in [2.05, 4.69) is 163 Å². The van der Waals surface area contributed by atoms with Crippen LogP contribution in [0.3, 0.4) is 0 Å². The summed E-state index contributed by atoms with van der Waals surface area (Å²) in [7, 11) is 0. The van der Waals surface area contributed by atoms with E-state index < -0.39 is 6.17 Å². The predicted molar refractivity (Wildman–Crippen MR) is 209 cm³/mol. The van der Waals surface area contributed by atoms with Crippen LogP contribution in [0.1, 0.15) is 54.8 Å². The molecule has 7 aromatic carbocycles. The zero-order valence-corrected chi connectivity index (χ0v) is 28.1. The first-order valence-electron chi connectivity index (χ1n) is 17.6. The molecule has 50 heavy (non-hydrogen) atoms. The van der Waals surface area contributed by atoms with Crippen molar-refractivity contribution < 1.29 is 4.42 Å². The second kappa shape index (κ2) is 12.7. The molecule has 3 atom stereocenters. The summed E-state index contributed by atoms with van der Waals surface area (Å²) in [5.74, 6) is 0. The van der Waals surface area contributed by atoms with Gasteiger partial charge in [-0.3, -0.25) is 10.6 Å². The van der Waals surface area contributed by atoms with Crippen molar-refractivity contribution in [2.75, 3.05) is 0 Å². The van der Waals surface area contributed by atoms with E-state index >= 15 is 0 Å². The molecule has 0 aliphatic heterocycles. The fourth-order valence-corrected chi connectivity index (χ4v) is 7.63. The zero-order valence-electron chi connectivity index (χ0n) is 28.1. The van der Waals surface area contributed by atoms with Crippen LogP contribution in [0, 0.1) is 0 Å². The van der Waals surface area contributed by atoms with Crippen LogP contribution in [0.2, 0.25) is 0 Å². The Morgan fingerprint density at radius 1 is 0.540 bits per heavy atom. The lowest BCUT2D eigenvalue weighted by atomic mass is 9.95. The van der Waals surface area contributed by atoms with E-state index in [9.17, 15) is 0 Å². The van der Waals surface area contributed by atoms with Crippen molar-refractivity contribution in [1.29, 1.82) is 0 Å². The second-order valence-corrected chi connectivity index (χ2v) is 13.5. The van der Waals surface area contributed by atoms with Crippen LogP contribution in [-0.4, -0.2) is 0 Å². The summed E-state index contributed by atoms with van der Waals surface area (Å²) in [6.07, 6.45) is 5.88. The first kappa shape index (κ1) is 30.5. The van der Waals surface area contributed by atoms with Gasteiger partial charge in [0.15, 0.2) is 0 Å². The average molecular weight is 650 g/mol. The van der Waals surface area contributed by atoms with Gasteiger partial charge < -0.3 is 10.2 Å². The molecule has 244 valence electrons. The van der Waals surface area contributed by atoms with E-state index in [1.807, 2.05) is 6.07 Å². The van der Waals surface area contributed by atoms with Crippen molar-refractivity contribution in [2.24, 2.45) is 5.73 Å². The largest absolute Gasteiger partial charge is 0.456 e. The van der Waals surface area contributed by atoms with Crippen molar-refractivity contribution >= 4 is 55.4 Å². The second-order valence-electron chi connectivity index (χ2n) is 13.5. The van der Waals surface area contributed by atoms with E-state index in [0.717, 1.165) is 40.4 Å². The third-order valence-corrected chi connectivity index (χ3v) is 10.4. The van der Waals surface area contributed by atoms with Crippen molar-refractivity contribution in [2.45, 2.75) is 38.1 Å². The SMILES string of the molecule is CC(NC(NC(N)c1ccc2c3c(oc2c1)=CCCC=3)c1ccc(-c2ccccc2)cc1)c1ccc2c(ccc3c4ccccc4ccc23)c1. The Morgan fingerprint density at radius 3 is 2.02 bits per heavy atom. The molecule has 9 rings (SSSR count). The highest BCUT2D eigenvalue weighted by atomic mass is 16.3. The van der Waals surface area contributed by atoms with E-state index in [4.69, 9.17) is 10.2 Å². The number of hydrogen-bond acceptors (Lipinski definition) is 4. The maximum absolute atomic E-state index is 6.94. The number of benzene rings is 7. The maximum Gasteiger partial charge on any atom is 0.135 e. The summed E-state index contributed by atoms with van der Waals surface area (Å²) in [6, 6.07) is 50.1. The number of fused-ring (bicyclic) bond motifs is 8. The van der Waals surface area contributed by atoms with Gasteiger partial charge in [-0.25, -0.2) is 0 Å². The number of nitrogens with two attached hydrogens (primary N) is 1. The lowest BCUT2D eigenvalue weighted by Crippen LogP contribution is -2.41. The Labute approximate surface area is 291 Å². The minimum absolute atomic E-state index is 0.0375. The highest BCUT2D eigenvalue weighted by Crippen LogP contribution is 2.33. The van der Waals surface area contributed by atoms with Crippen LogP contribution in [0.25, 0.3) is 66.6 Å². The van der Waals surface area contributed by atoms with Crippen LogP contribution in [0.4, 0.5) is 0 Å². The van der Waals surface area contributed by atoms with Crippen LogP contribution in [0.15, 0.2) is 144 Å². The average Bonchev–Trinajstić information content (AvgIpc) is 3.55. The van der Waals surface area contributed by atoms with Crippen molar-refractivity contribution in [3.8, 4) is 11.1 Å². The molecule has 8 aromatic rings. The Morgan fingerprint density at radius 2 is 1.18 bits per heavy atom.